The summed E-state index contributed by atoms with van der Waals surface area (Å²) in [6, 6.07) is -0.335. The molecule has 4 heterocycles. The first kappa shape index (κ1) is 20.3. The van der Waals surface area contributed by atoms with Crippen LogP contribution in [-0.4, -0.2) is 61.8 Å². The van der Waals surface area contributed by atoms with Crippen molar-refractivity contribution in [1.29, 1.82) is 0 Å². The minimum Gasteiger partial charge on any atom is -0.477 e. The van der Waals surface area contributed by atoms with Gasteiger partial charge < -0.3 is 26.2 Å². The number of aliphatic hydroxyl groups is 1. The molecule has 0 saturated carbocycles. The van der Waals surface area contributed by atoms with Crippen molar-refractivity contribution in [3.8, 4) is 0 Å². The number of nitrogens with zero attached hydrogens (tertiary/aromatic N) is 2. The van der Waals surface area contributed by atoms with E-state index in [-0.39, 0.29) is 40.5 Å². The molecule has 1 aromatic rings. The summed E-state index contributed by atoms with van der Waals surface area (Å²) in [7, 11) is 0. The Labute approximate surface area is 175 Å². The van der Waals surface area contributed by atoms with E-state index in [4.69, 9.17) is 5.73 Å². The topological polar surface area (TPSA) is 146 Å². The van der Waals surface area contributed by atoms with Crippen LogP contribution in [0.4, 0.5) is 0 Å². The molecule has 2 saturated heterocycles. The third kappa shape index (κ3) is 3.25. The van der Waals surface area contributed by atoms with Crippen molar-refractivity contribution in [3.05, 3.63) is 26.7 Å². The number of carboxylic acids is 1. The van der Waals surface area contributed by atoms with Gasteiger partial charge in [0, 0.05) is 28.0 Å². The normalized spacial score (nSPS) is 32.3. The monoisotopic (exact) mass is 438 g/mol. The molecule has 4 rings (SSSR count). The van der Waals surface area contributed by atoms with Crippen LogP contribution in [0.25, 0.3) is 0 Å². The smallest absolute Gasteiger partial charge is 0.353 e. The summed E-state index contributed by atoms with van der Waals surface area (Å²) in [6.07, 6.45) is -0.0923. The number of carbonyl (C=O) groups excluding carboxylic acids is 2. The van der Waals surface area contributed by atoms with Crippen molar-refractivity contribution in [1.82, 2.24) is 15.2 Å². The van der Waals surface area contributed by atoms with Gasteiger partial charge in [0.05, 0.1) is 24.1 Å². The molecule has 29 heavy (non-hydrogen) atoms. The van der Waals surface area contributed by atoms with E-state index < -0.39 is 23.9 Å². The van der Waals surface area contributed by atoms with E-state index in [2.05, 4.69) is 10.3 Å². The van der Waals surface area contributed by atoms with E-state index in [1.807, 2.05) is 6.92 Å². The molecule has 9 nitrogen and oxygen atoms in total. The number of hydrogen-bond acceptors (Lipinski definition) is 8. The van der Waals surface area contributed by atoms with Gasteiger partial charge in [-0.3, -0.25) is 9.59 Å². The lowest BCUT2D eigenvalue weighted by Crippen LogP contribution is -2.63. The predicted octanol–water partition coefficient (Wildman–Crippen LogP) is 0.532. The van der Waals surface area contributed by atoms with Gasteiger partial charge >= 0.3 is 5.97 Å². The Morgan fingerprint density at radius 1 is 1.48 bits per heavy atom. The molecule has 11 heteroatoms. The van der Waals surface area contributed by atoms with Crippen molar-refractivity contribution in [2.45, 2.75) is 43.7 Å². The van der Waals surface area contributed by atoms with Gasteiger partial charge in [-0.15, -0.1) is 23.1 Å². The van der Waals surface area contributed by atoms with Crippen LogP contribution in [0.5, 0.6) is 0 Å². The van der Waals surface area contributed by atoms with Crippen LogP contribution in [0.3, 0.4) is 0 Å². The number of hydrogen-bond donors (Lipinski definition) is 4. The lowest BCUT2D eigenvalue weighted by molar-refractivity contribution is -0.163. The molecular weight excluding hydrogens is 416 g/mol. The highest BCUT2D eigenvalue weighted by Crippen LogP contribution is 2.52. The van der Waals surface area contributed by atoms with Crippen LogP contribution < -0.4 is 11.1 Å². The molecule has 0 radical (unpaired) electrons. The molecule has 1 aromatic heterocycles. The summed E-state index contributed by atoms with van der Waals surface area (Å²) in [5.41, 5.74) is 5.56. The highest BCUT2D eigenvalue weighted by molar-refractivity contribution is 8.03. The number of nitrogens with two attached hydrogens (primary N) is 1. The maximum atomic E-state index is 12.4. The third-order valence-electron chi connectivity index (χ3n) is 5.77. The van der Waals surface area contributed by atoms with Crippen molar-refractivity contribution in [3.63, 3.8) is 0 Å². The summed E-state index contributed by atoms with van der Waals surface area (Å²) in [5.74, 6) is -2.71. The average Bonchev–Trinajstić information content (AvgIpc) is 3.33. The first-order valence-electron chi connectivity index (χ1n) is 9.34. The van der Waals surface area contributed by atoms with E-state index in [0.717, 1.165) is 11.4 Å². The number of primary amides is 1. The third-order valence-corrected chi connectivity index (χ3v) is 8.24. The minimum atomic E-state index is -1.12. The maximum Gasteiger partial charge on any atom is 0.353 e. The van der Waals surface area contributed by atoms with Gasteiger partial charge in [0.1, 0.15) is 16.4 Å². The number of thiazole rings is 1. The Hall–Kier alpha value is -1.95. The molecule has 2 amide bonds. The van der Waals surface area contributed by atoms with Crippen molar-refractivity contribution in [2.24, 2.45) is 17.6 Å². The van der Waals surface area contributed by atoms with Crippen LogP contribution in [-0.2, 0) is 9.59 Å². The zero-order valence-electron chi connectivity index (χ0n) is 15.9. The van der Waals surface area contributed by atoms with E-state index in [9.17, 15) is 24.6 Å². The average molecular weight is 439 g/mol. The maximum absolute atomic E-state index is 12.4. The van der Waals surface area contributed by atoms with Crippen LogP contribution >= 0.6 is 23.1 Å². The number of aromatic nitrogens is 1. The lowest BCUT2D eigenvalue weighted by Gasteiger charge is -2.46. The summed E-state index contributed by atoms with van der Waals surface area (Å²) in [6.45, 7) is 4.14. The van der Waals surface area contributed by atoms with Gasteiger partial charge in [-0.25, -0.2) is 9.78 Å². The quantitative estimate of drug-likeness (QED) is 0.471. The largest absolute Gasteiger partial charge is 0.477 e. The fourth-order valence-electron chi connectivity index (χ4n) is 4.40. The Balaban J connectivity index is 1.51. The second-order valence-corrected chi connectivity index (χ2v) is 9.88. The first-order chi connectivity index (χ1) is 13.7. The summed E-state index contributed by atoms with van der Waals surface area (Å²) in [5, 5.41) is 25.5. The number of carboxylic acid groups (broad SMARTS) is 1. The molecule has 3 aliphatic heterocycles. The molecule has 6 unspecified atom stereocenters. The van der Waals surface area contributed by atoms with Crippen LogP contribution in [0, 0.1) is 11.8 Å². The molecule has 5 N–H and O–H groups in total. The Morgan fingerprint density at radius 2 is 2.21 bits per heavy atom. The number of rotatable bonds is 6. The van der Waals surface area contributed by atoms with Gasteiger partial charge in [0.2, 0.25) is 5.91 Å². The number of aliphatic carboxylic acids is 1. The lowest BCUT2D eigenvalue weighted by atomic mass is 9.79. The van der Waals surface area contributed by atoms with Crippen LogP contribution in [0.15, 0.2) is 16.0 Å². The number of nitrogens with one attached hydrogen (secondary N) is 1. The Bertz CT molecular complexity index is 914. The summed E-state index contributed by atoms with van der Waals surface area (Å²) in [4.78, 5) is 41.9. The van der Waals surface area contributed by atoms with Crippen molar-refractivity contribution < 1.29 is 24.6 Å². The van der Waals surface area contributed by atoms with Gasteiger partial charge in [-0.2, -0.15) is 0 Å². The molecule has 2 fully saturated rings. The number of fused-ring (bicyclic) bond motifs is 1. The van der Waals surface area contributed by atoms with Crippen LogP contribution in [0.1, 0.15) is 41.8 Å². The molecule has 0 aromatic carbocycles. The summed E-state index contributed by atoms with van der Waals surface area (Å²) >= 11 is 2.85. The Kier molecular flexibility index (Phi) is 5.18. The molecule has 156 valence electrons. The number of aliphatic hydroxyl groups excluding tert-OH is 1. The number of carbonyl (C=O) groups is 3. The number of amides is 2. The van der Waals surface area contributed by atoms with Gasteiger partial charge in [0.15, 0.2) is 0 Å². The molecular formula is C18H22N4O5S2. The predicted molar refractivity (Wildman–Crippen MR) is 107 cm³/mol. The SMILES string of the molecule is CC(O)C1C(=O)N2C(C(=O)O)=C(SC3CNC(c4nc(C(N)=O)cs4)C3)C(C)C12. The highest BCUT2D eigenvalue weighted by Gasteiger charge is 2.60. The standard InChI is InChI=1S/C18H22N4O5S2/c1-6-12-11(7(2)23)17(25)22(12)13(18(26)27)14(6)29-8-3-9(20-4-8)16-21-10(5-28-16)15(19)24/h5-9,11-12,20,23H,3-4H2,1-2H3,(H2,19,24)(H,26,27). The summed E-state index contributed by atoms with van der Waals surface area (Å²) < 4.78 is 0. The van der Waals surface area contributed by atoms with Gasteiger partial charge in [-0.05, 0) is 13.3 Å². The number of β-lactam (4-membered cyclic amide) rings is 1. The van der Waals surface area contributed by atoms with Gasteiger partial charge in [-0.1, -0.05) is 6.92 Å². The van der Waals surface area contributed by atoms with Crippen molar-refractivity contribution in [2.75, 3.05) is 6.54 Å². The second kappa shape index (κ2) is 7.38. The zero-order chi connectivity index (χ0) is 21.0. The second-order valence-electron chi connectivity index (χ2n) is 7.64. The van der Waals surface area contributed by atoms with Crippen molar-refractivity contribution >= 4 is 40.9 Å². The van der Waals surface area contributed by atoms with Crippen LogP contribution in [0.2, 0.25) is 0 Å². The highest BCUT2D eigenvalue weighted by atomic mass is 32.2. The fraction of sp³-hybridized carbons (Fsp3) is 0.556. The molecule has 6 atom stereocenters. The minimum absolute atomic E-state index is 0.0277. The molecule has 0 bridgehead atoms. The molecule has 3 aliphatic rings. The van der Waals surface area contributed by atoms with E-state index in [1.54, 1.807) is 12.3 Å². The van der Waals surface area contributed by atoms with E-state index in [0.29, 0.717) is 11.4 Å². The zero-order valence-corrected chi connectivity index (χ0v) is 17.5. The van der Waals surface area contributed by atoms with E-state index >= 15 is 0 Å². The Morgan fingerprint density at radius 3 is 2.79 bits per heavy atom. The van der Waals surface area contributed by atoms with E-state index in [1.165, 1.54) is 28.0 Å². The van der Waals surface area contributed by atoms with Gasteiger partial charge in [0.25, 0.3) is 5.91 Å². The number of thioether (sulfide) groups is 1. The fourth-order valence-corrected chi connectivity index (χ4v) is 6.78. The molecule has 0 aliphatic carbocycles. The molecule has 0 spiro atoms. The first-order valence-corrected chi connectivity index (χ1v) is 11.1.